The fourth-order valence-corrected chi connectivity index (χ4v) is 5.19. The van der Waals surface area contributed by atoms with Gasteiger partial charge in [-0.05, 0) is 28.7 Å². The summed E-state index contributed by atoms with van der Waals surface area (Å²) in [7, 11) is 0. The maximum absolute atomic E-state index is 12.4. The van der Waals surface area contributed by atoms with Gasteiger partial charge in [0.15, 0.2) is 5.13 Å². The molecule has 0 spiro atoms. The lowest BCUT2D eigenvalue weighted by Crippen LogP contribution is -2.31. The third-order valence-electron chi connectivity index (χ3n) is 6.20. The molecule has 0 bridgehead atoms. The Bertz CT molecular complexity index is 1230. The van der Waals surface area contributed by atoms with Gasteiger partial charge in [-0.2, -0.15) is 0 Å². The number of nitrogens with one attached hydrogen (secondary N) is 2. The Morgan fingerprint density at radius 2 is 1.77 bits per heavy atom. The summed E-state index contributed by atoms with van der Waals surface area (Å²) in [5, 5.41) is 14.6. The van der Waals surface area contributed by atoms with Crippen LogP contribution in [0.2, 0.25) is 0 Å². The standard InChI is InChI=1S/C25H23N3O6S/c29-22(26-10-15-9-14(12-33-15)23(30)31)21-11-27-24(35-21)28-25(32)34-13-20-18-7-3-1-5-16(18)17-6-2-4-8-19(17)20/h1-8,11,14-15,20H,9-10,12-13H2,(H,26,29)(H,30,31)(H,27,28,32)/t14-,15-/m0/s1. The van der Waals surface area contributed by atoms with E-state index >= 15 is 0 Å². The normalized spacial score (nSPS) is 18.5. The summed E-state index contributed by atoms with van der Waals surface area (Å²) >= 11 is 1.02. The summed E-state index contributed by atoms with van der Waals surface area (Å²) in [5.74, 6) is -1.87. The van der Waals surface area contributed by atoms with Gasteiger partial charge in [0.2, 0.25) is 0 Å². The highest BCUT2D eigenvalue weighted by atomic mass is 32.1. The van der Waals surface area contributed by atoms with Crippen LogP contribution < -0.4 is 10.6 Å². The van der Waals surface area contributed by atoms with E-state index in [1.165, 1.54) is 6.20 Å². The third kappa shape index (κ3) is 4.89. The molecule has 0 saturated carbocycles. The van der Waals surface area contributed by atoms with Crippen molar-refractivity contribution in [2.24, 2.45) is 5.92 Å². The van der Waals surface area contributed by atoms with E-state index in [9.17, 15) is 14.4 Å². The second-order valence-electron chi connectivity index (χ2n) is 8.42. The van der Waals surface area contributed by atoms with E-state index in [4.69, 9.17) is 14.6 Å². The number of aromatic nitrogens is 1. The first kappa shape index (κ1) is 23.0. The van der Waals surface area contributed by atoms with Crippen LogP contribution in [-0.4, -0.2) is 53.9 Å². The number of fused-ring (bicyclic) bond motifs is 3. The molecular weight excluding hydrogens is 470 g/mol. The first-order valence-electron chi connectivity index (χ1n) is 11.2. The van der Waals surface area contributed by atoms with E-state index in [0.29, 0.717) is 11.3 Å². The van der Waals surface area contributed by atoms with Crippen LogP contribution >= 0.6 is 11.3 Å². The van der Waals surface area contributed by atoms with Crippen LogP contribution in [0.15, 0.2) is 54.7 Å². The molecule has 10 heteroatoms. The number of ether oxygens (including phenoxy) is 2. The summed E-state index contributed by atoms with van der Waals surface area (Å²) in [6.07, 6.45) is 0.736. The smallest absolute Gasteiger partial charge is 0.413 e. The van der Waals surface area contributed by atoms with Crippen molar-refractivity contribution in [2.45, 2.75) is 18.4 Å². The highest BCUT2D eigenvalue weighted by Crippen LogP contribution is 2.44. The van der Waals surface area contributed by atoms with E-state index < -0.39 is 18.0 Å². The Balaban J connectivity index is 1.13. The number of carboxylic acids is 1. The van der Waals surface area contributed by atoms with Crippen LogP contribution in [0.1, 0.15) is 33.1 Å². The Labute approximate surface area is 205 Å². The fourth-order valence-electron chi connectivity index (χ4n) is 4.47. The van der Waals surface area contributed by atoms with Gasteiger partial charge in [-0.25, -0.2) is 9.78 Å². The average Bonchev–Trinajstić information content (AvgIpc) is 3.59. The number of anilines is 1. The fraction of sp³-hybridized carbons (Fsp3) is 0.280. The molecule has 2 heterocycles. The summed E-state index contributed by atoms with van der Waals surface area (Å²) in [5.41, 5.74) is 4.54. The molecule has 0 radical (unpaired) electrons. The first-order chi connectivity index (χ1) is 17.0. The Morgan fingerprint density at radius 3 is 2.43 bits per heavy atom. The molecule has 3 N–H and O–H groups in total. The maximum Gasteiger partial charge on any atom is 0.413 e. The van der Waals surface area contributed by atoms with Gasteiger partial charge in [0.25, 0.3) is 5.91 Å². The van der Waals surface area contributed by atoms with Gasteiger partial charge in [-0.3, -0.25) is 14.9 Å². The van der Waals surface area contributed by atoms with Gasteiger partial charge in [0, 0.05) is 12.5 Å². The molecule has 0 unspecified atom stereocenters. The molecule has 2 atom stereocenters. The summed E-state index contributed by atoms with van der Waals surface area (Å²) in [4.78, 5) is 40.2. The average molecular weight is 494 g/mol. The number of nitrogens with zero attached hydrogens (tertiary/aromatic N) is 1. The van der Waals surface area contributed by atoms with Crippen LogP contribution in [0.25, 0.3) is 11.1 Å². The minimum absolute atomic E-state index is 0.0516. The minimum Gasteiger partial charge on any atom is -0.481 e. The second kappa shape index (κ2) is 9.85. The van der Waals surface area contributed by atoms with Crippen molar-refractivity contribution in [1.29, 1.82) is 0 Å². The number of aliphatic carboxylic acids is 1. The third-order valence-corrected chi connectivity index (χ3v) is 7.11. The van der Waals surface area contributed by atoms with E-state index in [1.54, 1.807) is 0 Å². The highest BCUT2D eigenvalue weighted by Gasteiger charge is 2.31. The molecule has 1 aromatic heterocycles. The van der Waals surface area contributed by atoms with Crippen molar-refractivity contribution in [2.75, 3.05) is 25.1 Å². The summed E-state index contributed by atoms with van der Waals surface area (Å²) < 4.78 is 10.9. The number of thiazole rings is 1. The molecule has 1 fully saturated rings. The minimum atomic E-state index is -0.898. The largest absolute Gasteiger partial charge is 0.481 e. The maximum atomic E-state index is 12.4. The van der Waals surface area contributed by atoms with Crippen LogP contribution in [0.4, 0.5) is 9.93 Å². The molecule has 2 aromatic carbocycles. The zero-order chi connectivity index (χ0) is 24.4. The molecule has 1 aliphatic carbocycles. The number of carboxylic acid groups (broad SMARTS) is 1. The van der Waals surface area contributed by atoms with Crippen molar-refractivity contribution >= 4 is 34.4 Å². The van der Waals surface area contributed by atoms with Gasteiger partial charge in [0.1, 0.15) is 11.5 Å². The Kier molecular flexibility index (Phi) is 6.47. The van der Waals surface area contributed by atoms with Gasteiger partial charge >= 0.3 is 12.1 Å². The molecule has 2 aliphatic rings. The number of hydrogen-bond donors (Lipinski definition) is 3. The summed E-state index contributed by atoms with van der Waals surface area (Å²) in [6, 6.07) is 16.2. The van der Waals surface area contributed by atoms with Crippen molar-refractivity contribution in [3.05, 3.63) is 70.7 Å². The number of carbonyl (C=O) groups is 3. The number of amides is 2. The van der Waals surface area contributed by atoms with Crippen LogP contribution in [0.3, 0.4) is 0 Å². The molecule has 35 heavy (non-hydrogen) atoms. The zero-order valence-electron chi connectivity index (χ0n) is 18.6. The monoisotopic (exact) mass is 493 g/mol. The topological polar surface area (TPSA) is 127 Å². The highest BCUT2D eigenvalue weighted by molar-refractivity contribution is 7.17. The van der Waals surface area contributed by atoms with E-state index in [1.807, 2.05) is 36.4 Å². The molecule has 3 aromatic rings. The SMILES string of the molecule is O=C(Nc1ncc(C(=O)NC[C@@H]2C[C@H](C(=O)O)CO2)s1)OCC1c2ccccc2-c2ccccc21. The molecule has 1 aliphatic heterocycles. The predicted molar refractivity (Wildman–Crippen MR) is 129 cm³/mol. The van der Waals surface area contributed by atoms with E-state index in [-0.39, 0.29) is 42.8 Å². The van der Waals surface area contributed by atoms with Crippen molar-refractivity contribution < 1.29 is 29.0 Å². The molecule has 2 amide bonds. The Morgan fingerprint density at radius 1 is 1.09 bits per heavy atom. The van der Waals surface area contributed by atoms with Crippen molar-refractivity contribution in [1.82, 2.24) is 10.3 Å². The quantitative estimate of drug-likeness (QED) is 0.458. The Hall–Kier alpha value is -3.76. The number of hydrogen-bond acceptors (Lipinski definition) is 7. The van der Waals surface area contributed by atoms with Gasteiger partial charge in [0.05, 0.1) is 24.8 Å². The number of benzene rings is 2. The summed E-state index contributed by atoms with van der Waals surface area (Å²) in [6.45, 7) is 0.525. The van der Waals surface area contributed by atoms with Crippen molar-refractivity contribution in [3.63, 3.8) is 0 Å². The lowest BCUT2D eigenvalue weighted by atomic mass is 9.98. The van der Waals surface area contributed by atoms with E-state index in [2.05, 4.69) is 27.8 Å². The van der Waals surface area contributed by atoms with Crippen molar-refractivity contribution in [3.8, 4) is 11.1 Å². The molecule has 180 valence electrons. The molecule has 9 nitrogen and oxygen atoms in total. The second-order valence-corrected chi connectivity index (χ2v) is 9.45. The molecule has 5 rings (SSSR count). The van der Waals surface area contributed by atoms with Gasteiger partial charge in [-0.15, -0.1) is 0 Å². The lowest BCUT2D eigenvalue weighted by molar-refractivity contribution is -0.141. The number of rotatable bonds is 7. The zero-order valence-corrected chi connectivity index (χ0v) is 19.4. The van der Waals surface area contributed by atoms with Crippen LogP contribution in [0, 0.1) is 5.92 Å². The molecule has 1 saturated heterocycles. The first-order valence-corrected chi connectivity index (χ1v) is 12.0. The van der Waals surface area contributed by atoms with Gasteiger partial charge in [-0.1, -0.05) is 59.9 Å². The van der Waals surface area contributed by atoms with Gasteiger partial charge < -0.3 is 19.9 Å². The molecular formula is C25H23N3O6S. The number of carbonyl (C=O) groups excluding carboxylic acids is 2. The predicted octanol–water partition coefficient (Wildman–Crippen LogP) is 3.72. The van der Waals surface area contributed by atoms with E-state index in [0.717, 1.165) is 33.6 Å². The van der Waals surface area contributed by atoms with Crippen LogP contribution in [-0.2, 0) is 14.3 Å². The van der Waals surface area contributed by atoms with Crippen LogP contribution in [0.5, 0.6) is 0 Å². The lowest BCUT2D eigenvalue weighted by Gasteiger charge is -2.14.